The Kier molecular flexibility index (Phi) is 5.90. The molecule has 0 radical (unpaired) electrons. The Morgan fingerprint density at radius 3 is 2.72 bits per heavy atom. The van der Waals surface area contributed by atoms with Crippen molar-refractivity contribution >= 4 is 28.7 Å². The van der Waals surface area contributed by atoms with Crippen LogP contribution in [0.2, 0.25) is 0 Å². The molecule has 1 N–H and O–H groups in total. The van der Waals surface area contributed by atoms with Crippen LogP contribution >= 0.6 is 11.8 Å². The van der Waals surface area contributed by atoms with E-state index in [1.54, 1.807) is 23.9 Å². The molecule has 4 rings (SSSR count). The van der Waals surface area contributed by atoms with Gasteiger partial charge in [-0.3, -0.25) is 4.79 Å². The Balaban J connectivity index is 1.49. The van der Waals surface area contributed by atoms with E-state index in [1.807, 2.05) is 29.8 Å². The van der Waals surface area contributed by atoms with Crippen molar-refractivity contribution in [3.8, 4) is 0 Å². The van der Waals surface area contributed by atoms with Gasteiger partial charge in [0.15, 0.2) is 5.16 Å². The lowest BCUT2D eigenvalue weighted by molar-refractivity contribution is 0.0910. The number of amides is 1. The van der Waals surface area contributed by atoms with Gasteiger partial charge in [-0.15, -0.1) is 0 Å². The van der Waals surface area contributed by atoms with Crippen LogP contribution in [0.4, 0.5) is 4.39 Å². The molecule has 1 amide bonds. The summed E-state index contributed by atoms with van der Waals surface area (Å²) in [6.07, 6.45) is 4.68. The maximum atomic E-state index is 13.1. The van der Waals surface area contributed by atoms with Crippen LogP contribution in [-0.2, 0) is 12.8 Å². The first kappa shape index (κ1) is 20.0. The summed E-state index contributed by atoms with van der Waals surface area (Å²) in [5.41, 5.74) is 3.53. The molecule has 1 aliphatic carbocycles. The first-order chi connectivity index (χ1) is 14.0. The molecule has 1 aromatic heterocycles. The number of imidazole rings is 1. The first-order valence-electron chi connectivity index (χ1n) is 10.2. The van der Waals surface area contributed by atoms with E-state index in [2.05, 4.69) is 12.2 Å². The molecule has 1 heterocycles. The molecule has 0 spiro atoms. The van der Waals surface area contributed by atoms with Crippen molar-refractivity contribution in [1.29, 1.82) is 0 Å². The van der Waals surface area contributed by atoms with Crippen LogP contribution in [0.3, 0.4) is 0 Å². The molecule has 1 fully saturated rings. The maximum Gasteiger partial charge on any atom is 0.251 e. The van der Waals surface area contributed by atoms with Gasteiger partial charge >= 0.3 is 0 Å². The highest BCUT2D eigenvalue weighted by molar-refractivity contribution is 7.98. The van der Waals surface area contributed by atoms with Crippen LogP contribution in [-0.4, -0.2) is 21.5 Å². The minimum Gasteiger partial charge on any atom is -0.349 e. The number of rotatable bonds is 5. The second-order valence-electron chi connectivity index (χ2n) is 7.91. The fraction of sp³-hybridized carbons (Fsp3) is 0.391. The van der Waals surface area contributed by atoms with Crippen molar-refractivity contribution in [1.82, 2.24) is 14.9 Å². The number of nitrogens with zero attached hydrogens (tertiary/aromatic N) is 2. The Morgan fingerprint density at radius 1 is 1.21 bits per heavy atom. The lowest BCUT2D eigenvalue weighted by Crippen LogP contribution is -2.41. The highest BCUT2D eigenvalue weighted by Crippen LogP contribution is 2.27. The van der Waals surface area contributed by atoms with Gasteiger partial charge < -0.3 is 9.88 Å². The summed E-state index contributed by atoms with van der Waals surface area (Å²) in [5.74, 6) is 1.01. The quantitative estimate of drug-likeness (QED) is 0.579. The van der Waals surface area contributed by atoms with Gasteiger partial charge in [0.25, 0.3) is 5.91 Å². The third-order valence-corrected chi connectivity index (χ3v) is 6.91. The van der Waals surface area contributed by atoms with Gasteiger partial charge in [0.05, 0.1) is 11.0 Å². The predicted octanol–water partition coefficient (Wildman–Crippen LogP) is 5.31. The van der Waals surface area contributed by atoms with Crippen LogP contribution in [0.1, 0.15) is 48.5 Å². The van der Waals surface area contributed by atoms with Gasteiger partial charge in [0.2, 0.25) is 0 Å². The SMILES string of the molecule is C[C@H]1CCCC[C@@H]1NC(=O)c1ccc2nc(SCc3ccc(F)cc3)n(C)c2c1. The number of nitrogens with one attached hydrogen (secondary N) is 1. The summed E-state index contributed by atoms with van der Waals surface area (Å²) < 4.78 is 15.1. The normalized spacial score (nSPS) is 19.4. The number of thioether (sulfide) groups is 1. The predicted molar refractivity (Wildman–Crippen MR) is 116 cm³/mol. The molecule has 3 aromatic rings. The molecule has 152 valence electrons. The third kappa shape index (κ3) is 4.47. The van der Waals surface area contributed by atoms with Crippen molar-refractivity contribution in [3.63, 3.8) is 0 Å². The zero-order valence-corrected chi connectivity index (χ0v) is 17.6. The molecular weight excluding hydrogens is 385 g/mol. The fourth-order valence-electron chi connectivity index (χ4n) is 3.95. The zero-order valence-electron chi connectivity index (χ0n) is 16.8. The summed E-state index contributed by atoms with van der Waals surface area (Å²) in [5, 5.41) is 4.10. The Hall–Kier alpha value is -2.34. The van der Waals surface area contributed by atoms with Crippen LogP contribution in [0.15, 0.2) is 47.6 Å². The highest BCUT2D eigenvalue weighted by Gasteiger charge is 2.23. The van der Waals surface area contributed by atoms with Crippen LogP contribution in [0.5, 0.6) is 0 Å². The summed E-state index contributed by atoms with van der Waals surface area (Å²) in [7, 11) is 1.97. The standard InChI is InChI=1S/C23H26FN3OS/c1-15-5-3-4-6-19(15)25-22(28)17-9-12-20-21(13-17)27(2)23(26-20)29-14-16-7-10-18(24)11-8-16/h7-13,15,19H,3-6,14H2,1-2H3,(H,25,28)/t15-,19-/m0/s1. The van der Waals surface area contributed by atoms with Gasteiger partial charge in [0, 0.05) is 24.4 Å². The van der Waals surface area contributed by atoms with Crippen LogP contribution < -0.4 is 5.32 Å². The molecule has 1 aliphatic rings. The number of carbonyl (C=O) groups is 1. The van der Waals surface area contributed by atoms with E-state index in [0.29, 0.717) is 17.2 Å². The number of hydrogen-bond acceptors (Lipinski definition) is 3. The molecule has 6 heteroatoms. The average molecular weight is 412 g/mol. The van der Waals surface area contributed by atoms with Gasteiger partial charge in [-0.1, -0.05) is 43.7 Å². The van der Waals surface area contributed by atoms with Crippen molar-refractivity contribution in [2.45, 2.75) is 49.6 Å². The van der Waals surface area contributed by atoms with Crippen LogP contribution in [0.25, 0.3) is 11.0 Å². The number of benzene rings is 2. The lowest BCUT2D eigenvalue weighted by Gasteiger charge is -2.29. The molecular formula is C23H26FN3OS. The minimum absolute atomic E-state index is 0.00707. The van der Waals surface area contributed by atoms with Crippen molar-refractivity contribution in [2.24, 2.45) is 13.0 Å². The molecule has 0 aliphatic heterocycles. The molecule has 2 atom stereocenters. The molecule has 4 nitrogen and oxygen atoms in total. The molecule has 29 heavy (non-hydrogen) atoms. The van der Waals surface area contributed by atoms with Gasteiger partial charge in [-0.05, 0) is 54.7 Å². The molecule has 0 bridgehead atoms. The monoisotopic (exact) mass is 411 g/mol. The summed E-state index contributed by atoms with van der Waals surface area (Å²) in [6.45, 7) is 2.22. The Morgan fingerprint density at radius 2 is 1.97 bits per heavy atom. The zero-order chi connectivity index (χ0) is 20.4. The summed E-state index contributed by atoms with van der Waals surface area (Å²) in [4.78, 5) is 17.5. The van der Waals surface area contributed by atoms with E-state index in [-0.39, 0.29) is 17.8 Å². The highest BCUT2D eigenvalue weighted by atomic mass is 32.2. The number of hydrogen-bond donors (Lipinski definition) is 1. The molecule has 0 saturated heterocycles. The number of halogens is 1. The fourth-order valence-corrected chi connectivity index (χ4v) is 4.89. The van der Waals surface area contributed by atoms with Crippen molar-refractivity contribution in [3.05, 3.63) is 59.4 Å². The van der Waals surface area contributed by atoms with Gasteiger partial charge in [-0.25, -0.2) is 9.37 Å². The second kappa shape index (κ2) is 8.57. The minimum atomic E-state index is -0.227. The largest absolute Gasteiger partial charge is 0.349 e. The number of aromatic nitrogens is 2. The van der Waals surface area contributed by atoms with E-state index in [4.69, 9.17) is 4.98 Å². The van der Waals surface area contributed by atoms with Gasteiger partial charge in [0.1, 0.15) is 5.82 Å². The third-order valence-electron chi connectivity index (χ3n) is 5.81. The summed E-state index contributed by atoms with van der Waals surface area (Å²) in [6, 6.07) is 12.5. The molecule has 0 unspecified atom stereocenters. The van der Waals surface area contributed by atoms with E-state index in [9.17, 15) is 9.18 Å². The van der Waals surface area contributed by atoms with E-state index >= 15 is 0 Å². The smallest absolute Gasteiger partial charge is 0.251 e. The van der Waals surface area contributed by atoms with Crippen molar-refractivity contribution in [2.75, 3.05) is 0 Å². The Bertz CT molecular complexity index is 1010. The number of aryl methyl sites for hydroxylation is 1. The molecule has 1 saturated carbocycles. The van der Waals surface area contributed by atoms with E-state index in [1.165, 1.54) is 31.4 Å². The van der Waals surface area contributed by atoms with E-state index < -0.39 is 0 Å². The number of fused-ring (bicyclic) bond motifs is 1. The van der Waals surface area contributed by atoms with Gasteiger partial charge in [-0.2, -0.15) is 0 Å². The lowest BCUT2D eigenvalue weighted by atomic mass is 9.86. The topological polar surface area (TPSA) is 46.9 Å². The number of carbonyl (C=O) groups excluding carboxylic acids is 1. The van der Waals surface area contributed by atoms with Crippen molar-refractivity contribution < 1.29 is 9.18 Å². The average Bonchev–Trinajstić information content (AvgIpc) is 3.04. The maximum absolute atomic E-state index is 13.1. The second-order valence-corrected chi connectivity index (χ2v) is 8.86. The molecule has 2 aromatic carbocycles. The first-order valence-corrected chi connectivity index (χ1v) is 11.1. The summed E-state index contributed by atoms with van der Waals surface area (Å²) >= 11 is 1.60. The van der Waals surface area contributed by atoms with Crippen LogP contribution in [0, 0.1) is 11.7 Å². The van der Waals surface area contributed by atoms with E-state index in [0.717, 1.165) is 28.2 Å². The Labute approximate surface area is 174 Å².